The molecule has 3 rings (SSSR count). The fourth-order valence-electron chi connectivity index (χ4n) is 2.15. The number of nitrogens with zero attached hydrogens (tertiary/aromatic N) is 3. The normalized spacial score (nSPS) is 11.7. The highest BCUT2D eigenvalue weighted by atomic mass is 79.9. The second-order valence-corrected chi connectivity index (χ2v) is 6.67. The highest BCUT2D eigenvalue weighted by molar-refractivity contribution is 9.10. The molecule has 8 heteroatoms. The number of halogens is 4. The zero-order chi connectivity index (χ0) is 17.3. The van der Waals surface area contributed by atoms with Gasteiger partial charge in [-0.1, -0.05) is 28.1 Å². The Morgan fingerprint density at radius 1 is 1.08 bits per heavy atom. The van der Waals surface area contributed by atoms with E-state index in [1.807, 2.05) is 18.4 Å². The average molecular weight is 414 g/mol. The third-order valence-corrected chi connectivity index (χ3v) is 4.50. The quantitative estimate of drug-likeness (QED) is 0.535. The number of rotatable bonds is 3. The van der Waals surface area contributed by atoms with Crippen LogP contribution in [0.2, 0.25) is 0 Å². The lowest BCUT2D eigenvalue weighted by Gasteiger charge is -2.07. The Balaban J connectivity index is 2.17. The van der Waals surface area contributed by atoms with E-state index in [0.29, 0.717) is 11.3 Å². The van der Waals surface area contributed by atoms with E-state index >= 15 is 0 Å². The highest BCUT2D eigenvalue weighted by Gasteiger charge is 2.37. The zero-order valence-corrected chi connectivity index (χ0v) is 14.8. The van der Waals surface area contributed by atoms with Gasteiger partial charge in [0.05, 0.1) is 5.69 Å². The molecule has 0 bridgehead atoms. The summed E-state index contributed by atoms with van der Waals surface area (Å²) in [7, 11) is 0. The molecule has 0 aliphatic heterocycles. The van der Waals surface area contributed by atoms with Crippen LogP contribution >= 0.6 is 27.7 Å². The van der Waals surface area contributed by atoms with Gasteiger partial charge >= 0.3 is 6.18 Å². The van der Waals surface area contributed by atoms with Crippen LogP contribution in [0.15, 0.2) is 57.9 Å². The van der Waals surface area contributed by atoms with Crippen LogP contribution < -0.4 is 0 Å². The molecule has 0 amide bonds. The van der Waals surface area contributed by atoms with Gasteiger partial charge in [-0.2, -0.15) is 13.2 Å². The summed E-state index contributed by atoms with van der Waals surface area (Å²) in [6.45, 7) is 0. The lowest BCUT2D eigenvalue weighted by molar-refractivity contribution is -0.144. The summed E-state index contributed by atoms with van der Waals surface area (Å²) in [6.07, 6.45) is -2.68. The number of hydrogen-bond acceptors (Lipinski definition) is 3. The van der Waals surface area contributed by atoms with Gasteiger partial charge in [0.25, 0.3) is 5.82 Å². The fourth-order valence-corrected chi connectivity index (χ4v) is 2.96. The summed E-state index contributed by atoms with van der Waals surface area (Å²) < 4.78 is 41.1. The van der Waals surface area contributed by atoms with Gasteiger partial charge in [0, 0.05) is 14.9 Å². The smallest absolute Gasteiger partial charge is 0.213 e. The van der Waals surface area contributed by atoms with Gasteiger partial charge in [-0.3, -0.25) is 0 Å². The van der Waals surface area contributed by atoms with Gasteiger partial charge in [0.1, 0.15) is 0 Å². The molecular formula is C16H11BrF3N3S. The van der Waals surface area contributed by atoms with Crippen molar-refractivity contribution in [1.82, 2.24) is 14.8 Å². The number of aromatic nitrogens is 3. The van der Waals surface area contributed by atoms with Gasteiger partial charge in [0.2, 0.25) is 0 Å². The van der Waals surface area contributed by atoms with Crippen LogP contribution in [0.1, 0.15) is 5.82 Å². The largest absolute Gasteiger partial charge is 0.453 e. The van der Waals surface area contributed by atoms with Crippen LogP contribution in [0, 0.1) is 0 Å². The van der Waals surface area contributed by atoms with E-state index in [4.69, 9.17) is 0 Å². The number of hydrogen-bond donors (Lipinski definition) is 0. The molecule has 3 nitrogen and oxygen atoms in total. The van der Waals surface area contributed by atoms with Gasteiger partial charge in [-0.15, -0.1) is 16.9 Å². The Morgan fingerprint density at radius 2 is 1.79 bits per heavy atom. The predicted molar refractivity (Wildman–Crippen MR) is 91.3 cm³/mol. The molecule has 1 aromatic heterocycles. The van der Waals surface area contributed by atoms with Crippen LogP contribution in [0.25, 0.3) is 17.1 Å². The molecular weight excluding hydrogens is 403 g/mol. The molecule has 0 atom stereocenters. The summed E-state index contributed by atoms with van der Waals surface area (Å²) in [5, 5.41) is 3.67. The maximum absolute atomic E-state index is 13.1. The minimum atomic E-state index is -4.61. The minimum absolute atomic E-state index is 0.139. The van der Waals surface area contributed by atoms with E-state index in [9.17, 15) is 13.2 Å². The Bertz CT molecular complexity index is 860. The first kappa shape index (κ1) is 17.0. The molecule has 0 saturated heterocycles. The molecule has 0 aliphatic rings. The van der Waals surface area contributed by atoms with E-state index in [0.717, 1.165) is 9.37 Å². The third kappa shape index (κ3) is 3.49. The summed E-state index contributed by atoms with van der Waals surface area (Å²) in [5.41, 5.74) is 1.06. The Labute approximate surface area is 149 Å². The maximum atomic E-state index is 13.1. The Hall–Kier alpha value is -1.80. The van der Waals surface area contributed by atoms with Crippen molar-refractivity contribution in [3.8, 4) is 17.1 Å². The molecule has 0 aliphatic carbocycles. The van der Waals surface area contributed by atoms with Gasteiger partial charge in [-0.25, -0.2) is 9.67 Å². The highest BCUT2D eigenvalue weighted by Crippen LogP contribution is 2.31. The SMILES string of the molecule is CSc1ccc(-n2nc(C(F)(F)F)nc2-c2cccc(Br)c2)cc1. The first-order valence-corrected chi connectivity index (χ1v) is 8.85. The van der Waals surface area contributed by atoms with E-state index in [-0.39, 0.29) is 5.82 Å². The predicted octanol–water partition coefficient (Wildman–Crippen LogP) is 5.44. The van der Waals surface area contributed by atoms with Crippen molar-refractivity contribution in [2.45, 2.75) is 11.1 Å². The standard InChI is InChI=1S/C16H11BrF3N3S/c1-24-13-7-5-12(6-8-13)23-14(10-3-2-4-11(17)9-10)21-15(22-23)16(18,19)20/h2-9H,1H3. The first-order valence-electron chi connectivity index (χ1n) is 6.83. The molecule has 0 unspecified atom stereocenters. The van der Waals surface area contributed by atoms with Crippen LogP contribution in [0.3, 0.4) is 0 Å². The van der Waals surface area contributed by atoms with Crippen LogP contribution in [0.4, 0.5) is 13.2 Å². The second kappa shape index (κ2) is 6.60. The maximum Gasteiger partial charge on any atom is 0.453 e. The third-order valence-electron chi connectivity index (χ3n) is 3.26. The lowest BCUT2D eigenvalue weighted by atomic mass is 10.2. The summed E-state index contributed by atoms with van der Waals surface area (Å²) >= 11 is 4.88. The van der Waals surface area contributed by atoms with Crippen molar-refractivity contribution in [1.29, 1.82) is 0 Å². The number of alkyl halides is 3. The fraction of sp³-hybridized carbons (Fsp3) is 0.125. The van der Waals surface area contributed by atoms with Crippen LogP contribution in [0.5, 0.6) is 0 Å². The molecule has 1 heterocycles. The van der Waals surface area contributed by atoms with Crippen molar-refractivity contribution < 1.29 is 13.2 Å². The topological polar surface area (TPSA) is 30.7 Å². The van der Waals surface area contributed by atoms with E-state index in [1.54, 1.807) is 48.2 Å². The lowest BCUT2D eigenvalue weighted by Crippen LogP contribution is -2.08. The monoisotopic (exact) mass is 413 g/mol. The van der Waals surface area contributed by atoms with Gasteiger partial charge < -0.3 is 0 Å². The van der Waals surface area contributed by atoms with Crippen molar-refractivity contribution in [2.75, 3.05) is 6.26 Å². The number of benzene rings is 2. The van der Waals surface area contributed by atoms with Crippen molar-refractivity contribution >= 4 is 27.7 Å². The van der Waals surface area contributed by atoms with Gasteiger partial charge in [0.15, 0.2) is 5.82 Å². The Kier molecular flexibility index (Phi) is 4.69. The van der Waals surface area contributed by atoms with E-state index in [2.05, 4.69) is 26.0 Å². The molecule has 3 aromatic rings. The summed E-state index contributed by atoms with van der Waals surface area (Å²) in [6, 6.07) is 14.0. The first-order chi connectivity index (χ1) is 11.4. The molecule has 0 fully saturated rings. The molecule has 0 spiro atoms. The molecule has 0 radical (unpaired) electrons. The van der Waals surface area contributed by atoms with Crippen molar-refractivity contribution in [3.05, 3.63) is 58.8 Å². The molecule has 0 saturated carbocycles. The minimum Gasteiger partial charge on any atom is -0.213 e. The molecule has 24 heavy (non-hydrogen) atoms. The van der Waals surface area contributed by atoms with Crippen LogP contribution in [-0.4, -0.2) is 21.0 Å². The van der Waals surface area contributed by atoms with Crippen molar-refractivity contribution in [2.24, 2.45) is 0 Å². The number of thioether (sulfide) groups is 1. The summed E-state index contributed by atoms with van der Waals surface area (Å²) in [5.74, 6) is -1.02. The zero-order valence-electron chi connectivity index (χ0n) is 12.4. The van der Waals surface area contributed by atoms with Crippen LogP contribution in [-0.2, 0) is 6.18 Å². The molecule has 0 N–H and O–H groups in total. The van der Waals surface area contributed by atoms with Gasteiger partial charge in [-0.05, 0) is 42.7 Å². The van der Waals surface area contributed by atoms with Crippen molar-refractivity contribution in [3.63, 3.8) is 0 Å². The van der Waals surface area contributed by atoms with E-state index in [1.165, 1.54) is 4.68 Å². The molecule has 124 valence electrons. The summed E-state index contributed by atoms with van der Waals surface area (Å²) in [4.78, 5) is 4.73. The molecule has 2 aromatic carbocycles. The second-order valence-electron chi connectivity index (χ2n) is 4.88. The van der Waals surface area contributed by atoms with E-state index < -0.39 is 12.0 Å². The Morgan fingerprint density at radius 3 is 2.38 bits per heavy atom. The average Bonchev–Trinajstić information content (AvgIpc) is 3.00.